The number of hydrogen-bond donors (Lipinski definition) is 0. The first kappa shape index (κ1) is 11.7. The van der Waals surface area contributed by atoms with Crippen LogP contribution in [-0.4, -0.2) is 33.6 Å². The van der Waals surface area contributed by atoms with E-state index in [1.807, 2.05) is 24.3 Å². The molecule has 1 saturated carbocycles. The van der Waals surface area contributed by atoms with Gasteiger partial charge in [-0.05, 0) is 31.4 Å². The van der Waals surface area contributed by atoms with Gasteiger partial charge in [-0.3, -0.25) is 0 Å². The Kier molecular flexibility index (Phi) is 3.28. The van der Waals surface area contributed by atoms with Crippen molar-refractivity contribution in [1.29, 1.82) is 0 Å². The molecule has 3 rings (SSSR count). The molecule has 1 aromatic heterocycles. The Bertz CT molecular complexity index is 541. The van der Waals surface area contributed by atoms with Crippen LogP contribution < -0.4 is 4.90 Å². The highest BCUT2D eigenvalue weighted by Gasteiger charge is 2.26. The number of halogens is 1. The van der Waals surface area contributed by atoms with Crippen molar-refractivity contribution in [2.24, 2.45) is 0 Å². The lowest BCUT2D eigenvalue weighted by Gasteiger charge is -2.36. The molecule has 1 heterocycles. The quantitative estimate of drug-likeness (QED) is 0.795. The summed E-state index contributed by atoms with van der Waals surface area (Å²) in [7, 11) is 0. The minimum Gasteiger partial charge on any atom is -0.335 e. The molecule has 18 heavy (non-hydrogen) atoms. The largest absolute Gasteiger partial charge is 0.335 e. The molecular weight excluding hydrogens is 248 g/mol. The highest BCUT2D eigenvalue weighted by Crippen LogP contribution is 2.27. The third kappa shape index (κ3) is 2.12. The third-order valence-electron chi connectivity index (χ3n) is 3.45. The first-order valence-electron chi connectivity index (χ1n) is 6.30. The molecule has 1 fully saturated rings. The van der Waals surface area contributed by atoms with E-state index in [1.54, 1.807) is 0 Å². The Hall–Kier alpha value is -1.42. The minimum atomic E-state index is 0.534. The molecule has 0 bridgehead atoms. The molecule has 0 amide bonds. The van der Waals surface area contributed by atoms with Gasteiger partial charge in [-0.2, -0.15) is 0 Å². The van der Waals surface area contributed by atoms with Gasteiger partial charge in [-0.25, -0.2) is 4.98 Å². The summed E-state index contributed by atoms with van der Waals surface area (Å²) in [5, 5.41) is 8.46. The number of aromatic nitrogens is 3. The van der Waals surface area contributed by atoms with Crippen LogP contribution >= 0.6 is 11.6 Å². The first-order valence-corrected chi connectivity index (χ1v) is 6.84. The van der Waals surface area contributed by atoms with Gasteiger partial charge in [0, 0.05) is 18.5 Å². The number of rotatable bonds is 4. The van der Waals surface area contributed by atoms with E-state index in [-0.39, 0.29) is 0 Å². The molecule has 0 aliphatic heterocycles. The number of anilines is 1. The third-order valence-corrected chi connectivity index (χ3v) is 3.62. The van der Waals surface area contributed by atoms with Crippen LogP contribution in [0.3, 0.4) is 0 Å². The van der Waals surface area contributed by atoms with E-state index in [4.69, 9.17) is 11.6 Å². The fourth-order valence-electron chi connectivity index (χ4n) is 2.23. The van der Waals surface area contributed by atoms with Crippen molar-refractivity contribution in [3.63, 3.8) is 0 Å². The van der Waals surface area contributed by atoms with Gasteiger partial charge in [0.2, 0.25) is 5.95 Å². The number of para-hydroxylation sites is 1. The number of alkyl halides is 1. The zero-order valence-corrected chi connectivity index (χ0v) is 10.8. The van der Waals surface area contributed by atoms with Crippen molar-refractivity contribution in [3.8, 4) is 0 Å². The predicted molar refractivity (Wildman–Crippen MR) is 73.0 cm³/mol. The molecule has 1 aromatic carbocycles. The smallest absolute Gasteiger partial charge is 0.246 e. The summed E-state index contributed by atoms with van der Waals surface area (Å²) in [6.45, 7) is 0.784. The zero-order valence-electron chi connectivity index (χ0n) is 10.1. The number of benzene rings is 1. The van der Waals surface area contributed by atoms with E-state index in [0.717, 1.165) is 17.6 Å². The summed E-state index contributed by atoms with van der Waals surface area (Å²) in [5.74, 6) is 1.30. The maximum Gasteiger partial charge on any atom is 0.246 e. The van der Waals surface area contributed by atoms with Crippen molar-refractivity contribution in [3.05, 3.63) is 24.3 Å². The monoisotopic (exact) mass is 262 g/mol. The summed E-state index contributed by atoms with van der Waals surface area (Å²) in [6, 6.07) is 8.34. The van der Waals surface area contributed by atoms with Crippen molar-refractivity contribution >= 4 is 28.6 Å². The summed E-state index contributed by atoms with van der Waals surface area (Å²) < 4.78 is 0. The van der Waals surface area contributed by atoms with Crippen molar-refractivity contribution < 1.29 is 0 Å². The van der Waals surface area contributed by atoms with Crippen LogP contribution in [0, 0.1) is 0 Å². The van der Waals surface area contributed by atoms with Gasteiger partial charge in [-0.1, -0.05) is 12.1 Å². The normalized spacial score (nSPS) is 15.6. The summed E-state index contributed by atoms with van der Waals surface area (Å²) in [5.41, 5.74) is 1.72. The Morgan fingerprint density at radius 3 is 2.61 bits per heavy atom. The van der Waals surface area contributed by atoms with Gasteiger partial charge in [0.1, 0.15) is 5.52 Å². The molecule has 0 N–H and O–H groups in total. The zero-order chi connectivity index (χ0) is 12.4. The fourth-order valence-corrected chi connectivity index (χ4v) is 2.41. The molecule has 0 atom stereocenters. The first-order chi connectivity index (χ1) is 8.88. The van der Waals surface area contributed by atoms with Crippen LogP contribution in [0.2, 0.25) is 0 Å². The molecule has 4 nitrogen and oxygen atoms in total. The second kappa shape index (κ2) is 5.06. The molecule has 0 spiro atoms. The Morgan fingerprint density at radius 1 is 1.17 bits per heavy atom. The standard InChI is InChI=1S/C13H15ClN4/c14-8-9-18(10-4-3-5-10)13-15-11-6-1-2-7-12(11)16-17-13/h1-2,6-7,10H,3-5,8-9H2. The minimum absolute atomic E-state index is 0.534. The maximum atomic E-state index is 5.87. The second-order valence-electron chi connectivity index (χ2n) is 4.57. The molecule has 2 aromatic rings. The average Bonchev–Trinajstić information content (AvgIpc) is 2.35. The molecule has 1 aliphatic carbocycles. The number of nitrogens with zero attached hydrogens (tertiary/aromatic N) is 4. The van der Waals surface area contributed by atoms with Gasteiger partial charge in [-0.15, -0.1) is 21.8 Å². The lowest BCUT2D eigenvalue weighted by Crippen LogP contribution is -2.42. The summed E-state index contributed by atoms with van der Waals surface area (Å²) in [4.78, 5) is 6.78. The van der Waals surface area contributed by atoms with Crippen LogP contribution in [0.15, 0.2) is 24.3 Å². The number of fused-ring (bicyclic) bond motifs is 1. The fraction of sp³-hybridized carbons (Fsp3) is 0.462. The predicted octanol–water partition coefficient (Wildman–Crippen LogP) is 2.62. The van der Waals surface area contributed by atoms with Gasteiger partial charge >= 0.3 is 0 Å². The molecule has 0 radical (unpaired) electrons. The van der Waals surface area contributed by atoms with Crippen molar-refractivity contribution in [2.45, 2.75) is 25.3 Å². The lowest BCUT2D eigenvalue weighted by molar-refractivity contribution is 0.386. The second-order valence-corrected chi connectivity index (χ2v) is 4.95. The molecule has 94 valence electrons. The molecular formula is C13H15ClN4. The highest BCUT2D eigenvalue weighted by atomic mass is 35.5. The van der Waals surface area contributed by atoms with Gasteiger partial charge in [0.15, 0.2) is 0 Å². The lowest BCUT2D eigenvalue weighted by atomic mass is 9.92. The van der Waals surface area contributed by atoms with Crippen LogP contribution in [0.1, 0.15) is 19.3 Å². The van der Waals surface area contributed by atoms with E-state index >= 15 is 0 Å². The van der Waals surface area contributed by atoms with Gasteiger partial charge < -0.3 is 4.90 Å². The van der Waals surface area contributed by atoms with Crippen LogP contribution in [0.25, 0.3) is 11.0 Å². The SMILES string of the molecule is ClCCN(c1nnc2ccccc2n1)C1CCC1. The summed E-state index contributed by atoms with van der Waals surface area (Å²) in [6.07, 6.45) is 3.69. The van der Waals surface area contributed by atoms with Crippen LogP contribution in [0.4, 0.5) is 5.95 Å². The molecule has 0 unspecified atom stereocenters. The average molecular weight is 263 g/mol. The van der Waals surface area contributed by atoms with Crippen LogP contribution in [0.5, 0.6) is 0 Å². The van der Waals surface area contributed by atoms with Crippen LogP contribution in [-0.2, 0) is 0 Å². The maximum absolute atomic E-state index is 5.87. The van der Waals surface area contributed by atoms with Gasteiger partial charge in [0.25, 0.3) is 0 Å². The molecule has 1 aliphatic rings. The van der Waals surface area contributed by atoms with E-state index in [9.17, 15) is 0 Å². The Labute approximate surface area is 111 Å². The topological polar surface area (TPSA) is 41.9 Å². The Balaban J connectivity index is 1.95. The van der Waals surface area contributed by atoms with E-state index in [1.165, 1.54) is 19.3 Å². The Morgan fingerprint density at radius 2 is 1.94 bits per heavy atom. The van der Waals surface area contributed by atoms with E-state index < -0.39 is 0 Å². The highest BCUT2D eigenvalue weighted by molar-refractivity contribution is 6.18. The molecule has 0 saturated heterocycles. The van der Waals surface area contributed by atoms with Crippen molar-refractivity contribution in [1.82, 2.24) is 15.2 Å². The number of hydrogen-bond acceptors (Lipinski definition) is 4. The summed E-state index contributed by atoms with van der Waals surface area (Å²) >= 11 is 5.87. The molecule has 5 heteroatoms. The van der Waals surface area contributed by atoms with Crippen molar-refractivity contribution in [2.75, 3.05) is 17.3 Å². The van der Waals surface area contributed by atoms with Gasteiger partial charge in [0.05, 0.1) is 5.52 Å². The van der Waals surface area contributed by atoms with E-state index in [0.29, 0.717) is 17.9 Å². The van der Waals surface area contributed by atoms with E-state index in [2.05, 4.69) is 20.1 Å².